The second kappa shape index (κ2) is 6.49. The maximum absolute atomic E-state index is 13.0. The summed E-state index contributed by atoms with van der Waals surface area (Å²) in [5.74, 6) is -4.30. The maximum atomic E-state index is 13.0. The Kier molecular flexibility index (Phi) is 4.99. The zero-order valence-electron chi connectivity index (χ0n) is 9.07. The molecule has 0 aliphatic rings. The monoisotopic (exact) mass is 255 g/mol. The molecular weight excluding hydrogens is 247 g/mol. The van der Waals surface area contributed by atoms with Gasteiger partial charge in [-0.2, -0.15) is 5.26 Å². The van der Waals surface area contributed by atoms with Crippen molar-refractivity contribution in [2.45, 2.75) is 6.04 Å². The molecule has 1 aromatic carbocycles. The first-order valence-corrected chi connectivity index (χ1v) is 4.88. The van der Waals surface area contributed by atoms with Gasteiger partial charge in [-0.3, -0.25) is 5.32 Å². The molecule has 5 nitrogen and oxygen atoms in total. The number of nitrogens with zero attached hydrogens (tertiary/aromatic N) is 4. The first kappa shape index (κ1) is 13.8. The Labute approximate surface area is 100 Å². The Balaban J connectivity index is 2.83. The first-order chi connectivity index (χ1) is 8.60. The number of nitriles is 1. The van der Waals surface area contributed by atoms with Gasteiger partial charge in [0.05, 0.1) is 6.07 Å². The summed E-state index contributed by atoms with van der Waals surface area (Å²) in [6.07, 6.45) is 0. The molecule has 0 saturated heterocycles. The molecule has 0 heterocycles. The van der Waals surface area contributed by atoms with E-state index in [-0.39, 0.29) is 18.7 Å². The number of hydrogen-bond acceptors (Lipinski definition) is 3. The van der Waals surface area contributed by atoms with E-state index in [9.17, 15) is 13.2 Å². The van der Waals surface area contributed by atoms with Crippen LogP contribution < -0.4 is 5.32 Å². The van der Waals surface area contributed by atoms with Crippen molar-refractivity contribution in [1.29, 1.82) is 5.26 Å². The van der Waals surface area contributed by atoms with E-state index in [0.717, 1.165) is 12.1 Å². The van der Waals surface area contributed by atoms with Gasteiger partial charge >= 0.3 is 0 Å². The van der Waals surface area contributed by atoms with Crippen molar-refractivity contribution < 1.29 is 13.2 Å². The average molecular weight is 255 g/mol. The quantitative estimate of drug-likeness (QED) is 0.288. The standard InChI is InChI=1S/C10H8F3N5/c11-7-3-6(4-8(12)10(7)13)9(5-14)16-1-2-17-18-15/h3-4,9,16H,1-2H2. The summed E-state index contributed by atoms with van der Waals surface area (Å²) in [6, 6.07) is 2.24. The van der Waals surface area contributed by atoms with Gasteiger partial charge in [0.1, 0.15) is 6.04 Å². The van der Waals surface area contributed by atoms with E-state index in [4.69, 9.17) is 10.8 Å². The molecule has 18 heavy (non-hydrogen) atoms. The summed E-state index contributed by atoms with van der Waals surface area (Å²) in [4.78, 5) is 2.50. The zero-order chi connectivity index (χ0) is 13.5. The van der Waals surface area contributed by atoms with Crippen molar-refractivity contribution in [2.24, 2.45) is 5.11 Å². The molecule has 1 atom stereocenters. The molecule has 1 unspecified atom stereocenters. The van der Waals surface area contributed by atoms with Crippen molar-refractivity contribution in [3.63, 3.8) is 0 Å². The lowest BCUT2D eigenvalue weighted by Crippen LogP contribution is -2.23. The topological polar surface area (TPSA) is 84.6 Å². The lowest BCUT2D eigenvalue weighted by atomic mass is 10.1. The summed E-state index contributed by atoms with van der Waals surface area (Å²) in [5, 5.41) is 14.7. The van der Waals surface area contributed by atoms with E-state index in [2.05, 4.69) is 15.3 Å². The van der Waals surface area contributed by atoms with Gasteiger partial charge in [-0.25, -0.2) is 13.2 Å². The van der Waals surface area contributed by atoms with Gasteiger partial charge in [-0.1, -0.05) is 5.11 Å². The highest BCUT2D eigenvalue weighted by Gasteiger charge is 2.16. The average Bonchev–Trinajstić information content (AvgIpc) is 2.35. The molecular formula is C10H8F3N5. The molecule has 1 N–H and O–H groups in total. The van der Waals surface area contributed by atoms with Gasteiger partial charge in [0.25, 0.3) is 0 Å². The summed E-state index contributed by atoms with van der Waals surface area (Å²) in [7, 11) is 0. The predicted octanol–water partition coefficient (Wildman–Crippen LogP) is 2.57. The number of rotatable bonds is 5. The van der Waals surface area contributed by atoms with Crippen molar-refractivity contribution in [1.82, 2.24) is 5.32 Å². The SMILES string of the molecule is N#CC(NCCN=[N+]=[N-])c1cc(F)c(F)c(F)c1. The molecule has 0 amide bonds. The third-order valence-corrected chi connectivity index (χ3v) is 2.09. The molecule has 0 aliphatic heterocycles. The van der Waals surface area contributed by atoms with Crippen LogP contribution in [0.1, 0.15) is 11.6 Å². The Bertz CT molecular complexity index is 496. The highest BCUT2D eigenvalue weighted by molar-refractivity contribution is 5.26. The molecule has 1 rings (SSSR count). The Hall–Kier alpha value is -2.23. The Morgan fingerprint density at radius 2 is 2.00 bits per heavy atom. The minimum absolute atomic E-state index is 0.0326. The van der Waals surface area contributed by atoms with E-state index in [1.54, 1.807) is 6.07 Å². The fourth-order valence-electron chi connectivity index (χ4n) is 1.28. The van der Waals surface area contributed by atoms with Crippen LogP contribution in [0.5, 0.6) is 0 Å². The minimum Gasteiger partial charge on any atom is -0.298 e. The van der Waals surface area contributed by atoms with Crippen LogP contribution in [-0.4, -0.2) is 13.1 Å². The highest BCUT2D eigenvalue weighted by atomic mass is 19.2. The highest BCUT2D eigenvalue weighted by Crippen LogP contribution is 2.18. The summed E-state index contributed by atoms with van der Waals surface area (Å²) in [5.41, 5.74) is 8.00. The number of azide groups is 1. The van der Waals surface area contributed by atoms with E-state index < -0.39 is 23.5 Å². The molecule has 0 radical (unpaired) electrons. The zero-order valence-corrected chi connectivity index (χ0v) is 9.07. The van der Waals surface area contributed by atoms with Crippen LogP contribution in [0.3, 0.4) is 0 Å². The number of hydrogen-bond donors (Lipinski definition) is 1. The van der Waals surface area contributed by atoms with Crippen molar-refractivity contribution in [3.05, 3.63) is 45.6 Å². The summed E-state index contributed by atoms with van der Waals surface area (Å²) >= 11 is 0. The van der Waals surface area contributed by atoms with Crippen molar-refractivity contribution in [2.75, 3.05) is 13.1 Å². The van der Waals surface area contributed by atoms with E-state index in [0.29, 0.717) is 0 Å². The molecule has 0 aliphatic carbocycles. The predicted molar refractivity (Wildman–Crippen MR) is 56.7 cm³/mol. The lowest BCUT2D eigenvalue weighted by molar-refractivity contribution is 0.443. The number of benzene rings is 1. The molecule has 0 saturated carbocycles. The van der Waals surface area contributed by atoms with Crippen LogP contribution in [0.15, 0.2) is 17.2 Å². The molecule has 0 aromatic heterocycles. The molecule has 1 aromatic rings. The van der Waals surface area contributed by atoms with Crippen LogP contribution in [-0.2, 0) is 0 Å². The van der Waals surface area contributed by atoms with Crippen LogP contribution in [0.2, 0.25) is 0 Å². The fraction of sp³-hybridized carbons (Fsp3) is 0.300. The van der Waals surface area contributed by atoms with Crippen LogP contribution in [0.4, 0.5) is 13.2 Å². The second-order valence-electron chi connectivity index (χ2n) is 3.27. The van der Waals surface area contributed by atoms with Crippen LogP contribution in [0, 0.1) is 28.8 Å². The van der Waals surface area contributed by atoms with Gasteiger partial charge in [0.15, 0.2) is 17.5 Å². The van der Waals surface area contributed by atoms with Crippen molar-refractivity contribution >= 4 is 0 Å². The summed E-state index contributed by atoms with van der Waals surface area (Å²) < 4.78 is 38.6. The molecule has 94 valence electrons. The van der Waals surface area contributed by atoms with Crippen LogP contribution in [0.25, 0.3) is 10.4 Å². The van der Waals surface area contributed by atoms with Crippen LogP contribution >= 0.6 is 0 Å². The minimum atomic E-state index is -1.58. The Morgan fingerprint density at radius 1 is 1.39 bits per heavy atom. The molecule has 8 heteroatoms. The maximum Gasteiger partial charge on any atom is 0.194 e. The van der Waals surface area contributed by atoms with Gasteiger partial charge in [0.2, 0.25) is 0 Å². The van der Waals surface area contributed by atoms with Crippen molar-refractivity contribution in [3.8, 4) is 6.07 Å². The van der Waals surface area contributed by atoms with Gasteiger partial charge < -0.3 is 0 Å². The Morgan fingerprint density at radius 3 is 2.50 bits per heavy atom. The smallest absolute Gasteiger partial charge is 0.194 e. The summed E-state index contributed by atoms with van der Waals surface area (Å²) in [6.45, 7) is 0.240. The second-order valence-corrected chi connectivity index (χ2v) is 3.27. The third kappa shape index (κ3) is 3.38. The molecule has 0 spiro atoms. The van der Waals surface area contributed by atoms with E-state index >= 15 is 0 Å². The van der Waals surface area contributed by atoms with Gasteiger partial charge in [-0.05, 0) is 23.2 Å². The number of nitrogens with one attached hydrogen (secondary N) is 1. The third-order valence-electron chi connectivity index (χ3n) is 2.09. The first-order valence-electron chi connectivity index (χ1n) is 4.88. The van der Waals surface area contributed by atoms with E-state index in [1.807, 2.05) is 0 Å². The molecule has 0 fully saturated rings. The van der Waals surface area contributed by atoms with E-state index in [1.165, 1.54) is 0 Å². The van der Waals surface area contributed by atoms with Gasteiger partial charge in [-0.15, -0.1) is 0 Å². The lowest BCUT2D eigenvalue weighted by Gasteiger charge is -2.11. The number of halogens is 3. The normalized spacial score (nSPS) is 11.4. The molecule has 0 bridgehead atoms. The van der Waals surface area contributed by atoms with Gasteiger partial charge in [0, 0.05) is 18.0 Å². The fourth-order valence-corrected chi connectivity index (χ4v) is 1.28. The largest absolute Gasteiger partial charge is 0.298 e.